The van der Waals surface area contributed by atoms with E-state index in [2.05, 4.69) is 58.1 Å². The fourth-order valence-electron chi connectivity index (χ4n) is 0.663. The van der Waals surface area contributed by atoms with Crippen molar-refractivity contribution in [2.45, 2.75) is 13.8 Å². The van der Waals surface area contributed by atoms with Gasteiger partial charge < -0.3 is 0 Å². The van der Waals surface area contributed by atoms with E-state index in [1.807, 2.05) is 0 Å². The van der Waals surface area contributed by atoms with Gasteiger partial charge in [0.1, 0.15) is 0 Å². The van der Waals surface area contributed by atoms with Crippen molar-refractivity contribution in [3.63, 3.8) is 0 Å². The summed E-state index contributed by atoms with van der Waals surface area (Å²) in [5, 5.41) is 0. The van der Waals surface area contributed by atoms with E-state index in [0.29, 0.717) is 0 Å². The number of hydrogen-bond donors (Lipinski definition) is 0. The minimum Gasteiger partial charge on any atom is 6.00 e. The third-order valence-corrected chi connectivity index (χ3v) is 1.43. The summed E-state index contributed by atoms with van der Waals surface area (Å²) in [5.41, 5.74) is 2.74. The molecule has 0 spiro atoms. The number of aryl methyl sites for hydroxylation is 2. The molecule has 15 heavy (non-hydrogen) atoms. The monoisotopic (exact) mass is 242 g/mol. The average Bonchev–Trinajstić information content (AvgIpc) is 2.31. The Bertz CT molecular complexity index is 254. The third-order valence-electron chi connectivity index (χ3n) is 1.43. The zero-order chi connectivity index (χ0) is 12.0. The molecule has 0 aliphatic rings. The van der Waals surface area contributed by atoms with Crippen LogP contribution in [0.5, 0.6) is 0 Å². The van der Waals surface area contributed by atoms with Crippen LogP contribution >= 0.6 is 0 Å². The topological polar surface area (TPSA) is 59.7 Å². The van der Waals surface area contributed by atoms with Crippen molar-refractivity contribution in [1.82, 2.24) is 0 Å². The zero-order valence-corrected chi connectivity index (χ0v) is 9.72. The number of hydrogen-bond acceptors (Lipinski definition) is 0. The molecule has 0 heterocycles. The molecule has 4 heteroatoms. The van der Waals surface area contributed by atoms with Crippen LogP contribution in [0.4, 0.5) is 0 Å². The molecule has 0 radical (unpaired) electrons. The van der Waals surface area contributed by atoms with Crippen LogP contribution in [0, 0.1) is 33.8 Å². The molecule has 0 bridgehead atoms. The molecule has 3 nitrogen and oxygen atoms in total. The fraction of sp³-hybridized carbons (Fsp3) is 0.182. The van der Waals surface area contributed by atoms with Crippen molar-refractivity contribution in [1.29, 1.82) is 0 Å². The molecule has 0 fully saturated rings. The fourth-order valence-corrected chi connectivity index (χ4v) is 0.663. The van der Waals surface area contributed by atoms with E-state index < -0.39 is 0 Å². The molecule has 0 aromatic heterocycles. The quantitative estimate of drug-likeness (QED) is 0.494. The van der Waals surface area contributed by atoms with E-state index in [-0.39, 0.29) is 17.4 Å². The van der Waals surface area contributed by atoms with Crippen LogP contribution in [0.1, 0.15) is 11.1 Å². The van der Waals surface area contributed by atoms with Crippen molar-refractivity contribution >= 4 is 0 Å². The van der Waals surface area contributed by atoms with Crippen LogP contribution in [0.2, 0.25) is 0 Å². The van der Waals surface area contributed by atoms with Gasteiger partial charge in [-0.1, -0.05) is 24.3 Å². The molecule has 1 aromatic rings. The molecule has 72 valence electrons. The Labute approximate surface area is 101 Å². The first kappa shape index (κ1) is 23.6. The van der Waals surface area contributed by atoms with Crippen molar-refractivity contribution in [3.8, 4) is 0 Å². The minimum absolute atomic E-state index is 0. The van der Waals surface area contributed by atoms with Gasteiger partial charge in [0, 0.05) is 0 Å². The molecule has 0 aliphatic carbocycles. The molecule has 1 rings (SSSR count). The summed E-state index contributed by atoms with van der Waals surface area (Å²) in [7, 11) is 0. The van der Waals surface area contributed by atoms with Crippen LogP contribution in [0.25, 0.3) is 0 Å². The maximum atomic E-state index is 7.50. The van der Waals surface area contributed by atoms with Gasteiger partial charge in [0.15, 0.2) is 0 Å². The van der Waals surface area contributed by atoms with Gasteiger partial charge in [-0.25, -0.2) is 0 Å². The summed E-state index contributed by atoms with van der Waals surface area (Å²) in [4.78, 5) is 0. The van der Waals surface area contributed by atoms with Crippen LogP contribution in [0.3, 0.4) is 0 Å². The summed E-state index contributed by atoms with van der Waals surface area (Å²) in [6.07, 6.45) is 0. The number of rotatable bonds is 0. The van der Waals surface area contributed by atoms with Gasteiger partial charge in [-0.2, -0.15) is 0 Å². The van der Waals surface area contributed by atoms with Gasteiger partial charge in [0.05, 0.1) is 0 Å². The van der Waals surface area contributed by atoms with Gasteiger partial charge in [-0.3, -0.25) is 0 Å². The van der Waals surface area contributed by atoms with Gasteiger partial charge >= 0.3 is 51.3 Å². The van der Waals surface area contributed by atoms with Crippen LogP contribution in [-0.2, 0) is 31.3 Å². The maximum Gasteiger partial charge on any atom is 6.00 e. The Hall–Kier alpha value is -1.03. The molecule has 0 unspecified atom stereocenters. The Morgan fingerprint density at radius 2 is 0.933 bits per heavy atom. The molecular weight excluding hydrogens is 232 g/mol. The first-order valence-corrected chi connectivity index (χ1v) is 3.44. The molecule has 1 aromatic carbocycles. The zero-order valence-electron chi connectivity index (χ0n) is 8.44. The Morgan fingerprint density at radius 3 is 1.07 bits per heavy atom. The average molecular weight is 242 g/mol. The van der Waals surface area contributed by atoms with Crippen LogP contribution in [0.15, 0.2) is 24.3 Å². The second-order valence-corrected chi connectivity index (χ2v) is 2.08. The van der Waals surface area contributed by atoms with E-state index in [9.17, 15) is 0 Å². The summed E-state index contributed by atoms with van der Waals surface area (Å²) >= 11 is 0. The first-order chi connectivity index (χ1) is 6.80. The van der Waals surface area contributed by atoms with Gasteiger partial charge in [0.2, 0.25) is 0 Å². The van der Waals surface area contributed by atoms with E-state index >= 15 is 0 Å². The molecule has 0 saturated heterocycles. The van der Waals surface area contributed by atoms with Crippen molar-refractivity contribution in [3.05, 3.63) is 55.3 Å². The van der Waals surface area contributed by atoms with Gasteiger partial charge in [-0.05, 0) is 25.0 Å². The number of benzene rings is 1. The first-order valence-electron chi connectivity index (χ1n) is 3.44. The van der Waals surface area contributed by atoms with Crippen LogP contribution < -0.4 is 0 Å². The van der Waals surface area contributed by atoms with E-state index in [1.54, 1.807) is 0 Å². The Balaban J connectivity index is -0.0000000755. The molecular formula is C11H10CrO3+6. The summed E-state index contributed by atoms with van der Waals surface area (Å²) in [6, 6.07) is 8.36. The second kappa shape index (κ2) is 23.1. The normalized spacial score (nSPS) is 5.33. The summed E-state index contributed by atoms with van der Waals surface area (Å²) in [5.74, 6) is 0. The maximum absolute atomic E-state index is 7.50. The minimum atomic E-state index is 0. The predicted octanol–water partition coefficient (Wildman–Crippen LogP) is 2.19. The van der Waals surface area contributed by atoms with Crippen LogP contribution in [-0.4, -0.2) is 0 Å². The van der Waals surface area contributed by atoms with E-state index in [4.69, 9.17) is 14.0 Å². The van der Waals surface area contributed by atoms with Gasteiger partial charge in [-0.15, -0.1) is 0 Å². The molecule has 0 saturated carbocycles. The third kappa shape index (κ3) is 15.7. The predicted molar refractivity (Wildman–Crippen MR) is 47.7 cm³/mol. The van der Waals surface area contributed by atoms with Gasteiger partial charge in [0.25, 0.3) is 0 Å². The van der Waals surface area contributed by atoms with Crippen molar-refractivity contribution in [2.75, 3.05) is 0 Å². The second-order valence-electron chi connectivity index (χ2n) is 2.08. The standard InChI is InChI=1S/C8H10.3CO.Cr/c1-7-5-3-4-6-8(7)2;3*1-2;/h3-6H,1-2H3;;;;/q;;;;+6. The molecule has 0 amide bonds. The summed E-state index contributed by atoms with van der Waals surface area (Å²) in [6.45, 7) is 17.7. The molecule has 0 atom stereocenters. The summed E-state index contributed by atoms with van der Waals surface area (Å²) < 4.78 is 22.5. The van der Waals surface area contributed by atoms with Crippen molar-refractivity contribution < 1.29 is 31.3 Å². The molecule has 0 aliphatic heterocycles. The smallest absolute Gasteiger partial charge is 6.00 e. The van der Waals surface area contributed by atoms with E-state index in [0.717, 1.165) is 0 Å². The molecule has 0 N–H and O–H groups in total. The SMILES string of the molecule is Cc1ccccc1C.[C-]#[O+].[C-]#[O+].[C-]#[O+].[Cr+6]. The van der Waals surface area contributed by atoms with E-state index in [1.165, 1.54) is 11.1 Å². The largest absolute Gasteiger partial charge is 6.00 e. The Kier molecular flexibility index (Phi) is 36.4. The Morgan fingerprint density at radius 1 is 0.733 bits per heavy atom. The van der Waals surface area contributed by atoms with Crippen molar-refractivity contribution in [2.24, 2.45) is 0 Å².